The molecule has 0 amide bonds. The number of rotatable bonds is 4. The largest absolute Gasteiger partial charge is 0.475 e. The normalized spacial score (nSPS) is 20.0. The topological polar surface area (TPSA) is 82.3 Å². The first kappa shape index (κ1) is 12.1. The summed E-state index contributed by atoms with van der Waals surface area (Å²) < 4.78 is 11.2. The van der Waals surface area contributed by atoms with Crippen LogP contribution >= 0.6 is 0 Å². The maximum atomic E-state index is 5.65. The van der Waals surface area contributed by atoms with E-state index in [-0.39, 0.29) is 6.10 Å². The summed E-state index contributed by atoms with van der Waals surface area (Å²) in [6.45, 7) is 3.26. The zero-order valence-corrected chi connectivity index (χ0v) is 9.98. The van der Waals surface area contributed by atoms with Crippen molar-refractivity contribution in [2.45, 2.75) is 32.3 Å². The standard InChI is InChI=1S/C11H18N4O2/c1-8-6-13-11(15-12)14-10(8)17-7-9-4-2-3-5-16-9/h6,9H,2-5,7,12H2,1H3,(H,13,14,15). The van der Waals surface area contributed by atoms with Crippen LogP contribution in [0.15, 0.2) is 6.20 Å². The van der Waals surface area contributed by atoms with E-state index in [2.05, 4.69) is 15.4 Å². The van der Waals surface area contributed by atoms with Crippen LogP contribution in [-0.4, -0.2) is 29.3 Å². The van der Waals surface area contributed by atoms with Gasteiger partial charge in [-0.25, -0.2) is 10.8 Å². The van der Waals surface area contributed by atoms with E-state index in [0.29, 0.717) is 18.4 Å². The van der Waals surface area contributed by atoms with E-state index < -0.39 is 0 Å². The molecule has 1 atom stereocenters. The van der Waals surface area contributed by atoms with Gasteiger partial charge in [-0.15, -0.1) is 0 Å². The zero-order chi connectivity index (χ0) is 12.1. The Hall–Kier alpha value is -1.40. The van der Waals surface area contributed by atoms with Crippen LogP contribution < -0.4 is 16.0 Å². The number of anilines is 1. The summed E-state index contributed by atoms with van der Waals surface area (Å²) in [4.78, 5) is 8.14. The molecule has 0 bridgehead atoms. The molecule has 3 N–H and O–H groups in total. The summed E-state index contributed by atoms with van der Waals surface area (Å²) in [6, 6.07) is 0. The van der Waals surface area contributed by atoms with Crippen molar-refractivity contribution in [2.24, 2.45) is 5.84 Å². The maximum Gasteiger partial charge on any atom is 0.240 e. The van der Waals surface area contributed by atoms with Gasteiger partial charge in [0.15, 0.2) is 0 Å². The van der Waals surface area contributed by atoms with Gasteiger partial charge < -0.3 is 9.47 Å². The minimum Gasteiger partial charge on any atom is -0.475 e. The fourth-order valence-corrected chi connectivity index (χ4v) is 1.75. The van der Waals surface area contributed by atoms with Crippen LogP contribution in [0.3, 0.4) is 0 Å². The van der Waals surface area contributed by atoms with E-state index in [9.17, 15) is 0 Å². The Morgan fingerprint density at radius 2 is 2.47 bits per heavy atom. The highest BCUT2D eigenvalue weighted by atomic mass is 16.5. The third-order valence-electron chi connectivity index (χ3n) is 2.73. The third kappa shape index (κ3) is 3.28. The Balaban J connectivity index is 1.92. The Labute approximate surface area is 101 Å². The highest BCUT2D eigenvalue weighted by Crippen LogP contribution is 2.18. The molecule has 1 unspecified atom stereocenters. The molecule has 94 valence electrons. The second-order valence-electron chi connectivity index (χ2n) is 4.13. The average Bonchev–Trinajstić information content (AvgIpc) is 2.39. The van der Waals surface area contributed by atoms with Gasteiger partial charge in [-0.2, -0.15) is 4.98 Å². The lowest BCUT2D eigenvalue weighted by molar-refractivity contribution is -0.0120. The third-order valence-corrected chi connectivity index (χ3v) is 2.73. The van der Waals surface area contributed by atoms with Gasteiger partial charge >= 0.3 is 0 Å². The number of aryl methyl sites for hydroxylation is 1. The molecule has 1 aromatic rings. The molecular formula is C11H18N4O2. The van der Waals surface area contributed by atoms with Gasteiger partial charge in [0.2, 0.25) is 11.8 Å². The van der Waals surface area contributed by atoms with Crippen LogP contribution in [0.4, 0.5) is 5.95 Å². The molecule has 2 heterocycles. The first-order chi connectivity index (χ1) is 8.29. The van der Waals surface area contributed by atoms with E-state index in [4.69, 9.17) is 15.3 Å². The molecule has 17 heavy (non-hydrogen) atoms. The van der Waals surface area contributed by atoms with Gasteiger partial charge in [-0.3, -0.25) is 5.43 Å². The van der Waals surface area contributed by atoms with Crippen molar-refractivity contribution in [1.29, 1.82) is 0 Å². The summed E-state index contributed by atoms with van der Waals surface area (Å²) in [6.07, 6.45) is 5.24. The molecule has 1 saturated heterocycles. The van der Waals surface area contributed by atoms with Crippen molar-refractivity contribution in [1.82, 2.24) is 9.97 Å². The van der Waals surface area contributed by atoms with E-state index in [1.165, 1.54) is 6.42 Å². The fourth-order valence-electron chi connectivity index (χ4n) is 1.75. The first-order valence-corrected chi connectivity index (χ1v) is 5.84. The summed E-state index contributed by atoms with van der Waals surface area (Å²) in [5.74, 6) is 6.17. The SMILES string of the molecule is Cc1cnc(NN)nc1OCC1CCCCO1. The second kappa shape index (κ2) is 5.79. The number of nitrogens with zero attached hydrogens (tertiary/aromatic N) is 2. The molecule has 0 radical (unpaired) electrons. The second-order valence-corrected chi connectivity index (χ2v) is 4.13. The minimum atomic E-state index is 0.174. The number of nitrogens with one attached hydrogen (secondary N) is 1. The van der Waals surface area contributed by atoms with Crippen LogP contribution in [0.2, 0.25) is 0 Å². The summed E-state index contributed by atoms with van der Waals surface area (Å²) >= 11 is 0. The Kier molecular flexibility index (Phi) is 4.11. The first-order valence-electron chi connectivity index (χ1n) is 5.84. The Bertz CT molecular complexity index is 366. The van der Waals surface area contributed by atoms with Crippen LogP contribution in [0.25, 0.3) is 0 Å². The van der Waals surface area contributed by atoms with E-state index >= 15 is 0 Å². The average molecular weight is 238 g/mol. The quantitative estimate of drug-likeness (QED) is 0.602. The summed E-state index contributed by atoms with van der Waals surface area (Å²) in [5.41, 5.74) is 3.29. The van der Waals surface area contributed by atoms with Gasteiger partial charge in [-0.1, -0.05) is 0 Å². The van der Waals surface area contributed by atoms with Crippen LogP contribution in [0, 0.1) is 6.92 Å². The van der Waals surface area contributed by atoms with Crippen LogP contribution in [-0.2, 0) is 4.74 Å². The van der Waals surface area contributed by atoms with Crippen molar-refractivity contribution in [3.8, 4) is 5.88 Å². The molecule has 0 saturated carbocycles. The van der Waals surface area contributed by atoms with E-state index in [0.717, 1.165) is 25.0 Å². The highest BCUT2D eigenvalue weighted by Gasteiger charge is 2.15. The van der Waals surface area contributed by atoms with Gasteiger partial charge in [0.25, 0.3) is 0 Å². The number of hydrazine groups is 1. The fraction of sp³-hybridized carbons (Fsp3) is 0.636. The molecule has 1 aromatic heterocycles. The molecule has 6 heteroatoms. The van der Waals surface area contributed by atoms with Crippen molar-refractivity contribution in [3.05, 3.63) is 11.8 Å². The number of ether oxygens (including phenoxy) is 2. The van der Waals surface area contributed by atoms with Crippen molar-refractivity contribution >= 4 is 5.95 Å². The highest BCUT2D eigenvalue weighted by molar-refractivity contribution is 5.31. The van der Waals surface area contributed by atoms with Crippen LogP contribution in [0.1, 0.15) is 24.8 Å². The van der Waals surface area contributed by atoms with Crippen molar-refractivity contribution in [3.63, 3.8) is 0 Å². The molecular weight excluding hydrogens is 220 g/mol. The smallest absolute Gasteiger partial charge is 0.240 e. The molecule has 6 nitrogen and oxygen atoms in total. The number of hydrogen-bond acceptors (Lipinski definition) is 6. The predicted octanol–water partition coefficient (Wildman–Crippen LogP) is 1.02. The van der Waals surface area contributed by atoms with E-state index in [1.807, 2.05) is 6.92 Å². The monoisotopic (exact) mass is 238 g/mol. The maximum absolute atomic E-state index is 5.65. The lowest BCUT2D eigenvalue weighted by Gasteiger charge is -2.22. The lowest BCUT2D eigenvalue weighted by Crippen LogP contribution is -2.26. The molecule has 0 spiro atoms. The minimum absolute atomic E-state index is 0.174. The summed E-state index contributed by atoms with van der Waals surface area (Å²) in [5, 5.41) is 0. The number of nitrogen functional groups attached to an aromatic ring is 1. The van der Waals surface area contributed by atoms with Crippen molar-refractivity contribution in [2.75, 3.05) is 18.6 Å². The Morgan fingerprint density at radius 1 is 1.59 bits per heavy atom. The van der Waals surface area contributed by atoms with Gasteiger partial charge in [0, 0.05) is 18.4 Å². The molecule has 1 aliphatic rings. The van der Waals surface area contributed by atoms with E-state index in [1.54, 1.807) is 6.20 Å². The number of aromatic nitrogens is 2. The van der Waals surface area contributed by atoms with Crippen molar-refractivity contribution < 1.29 is 9.47 Å². The molecule has 1 aliphatic heterocycles. The molecule has 0 aliphatic carbocycles. The van der Waals surface area contributed by atoms with Gasteiger partial charge in [0.1, 0.15) is 6.61 Å². The summed E-state index contributed by atoms with van der Waals surface area (Å²) in [7, 11) is 0. The molecule has 1 fully saturated rings. The molecule has 0 aromatic carbocycles. The number of hydrogen-bond donors (Lipinski definition) is 2. The van der Waals surface area contributed by atoms with Gasteiger partial charge in [0.05, 0.1) is 6.10 Å². The lowest BCUT2D eigenvalue weighted by atomic mass is 10.1. The Morgan fingerprint density at radius 3 is 3.18 bits per heavy atom. The number of nitrogens with two attached hydrogens (primary N) is 1. The van der Waals surface area contributed by atoms with Gasteiger partial charge in [-0.05, 0) is 26.2 Å². The zero-order valence-electron chi connectivity index (χ0n) is 9.98. The van der Waals surface area contributed by atoms with Crippen LogP contribution in [0.5, 0.6) is 5.88 Å². The predicted molar refractivity (Wildman–Crippen MR) is 63.7 cm³/mol. The molecule has 2 rings (SSSR count).